The first-order valence-electron chi connectivity index (χ1n) is 10.4. The second-order valence-corrected chi connectivity index (χ2v) is 7.52. The van der Waals surface area contributed by atoms with Gasteiger partial charge in [0, 0.05) is 29.4 Å². The van der Waals surface area contributed by atoms with Crippen molar-refractivity contribution in [2.75, 3.05) is 0 Å². The van der Waals surface area contributed by atoms with Crippen LogP contribution >= 0.6 is 0 Å². The van der Waals surface area contributed by atoms with Crippen LogP contribution in [-0.4, -0.2) is 10.8 Å². The Labute approximate surface area is 157 Å². The van der Waals surface area contributed by atoms with Gasteiger partial charge >= 0.3 is 0 Å². The lowest BCUT2D eigenvalue weighted by Gasteiger charge is -2.17. The number of carbonyl (C=O) groups is 1. The molecule has 0 aliphatic rings. The lowest BCUT2D eigenvalue weighted by molar-refractivity contribution is -0.123. The van der Waals surface area contributed by atoms with Gasteiger partial charge < -0.3 is 4.98 Å². The monoisotopic (exact) mass is 359 g/mol. The fourth-order valence-electron chi connectivity index (χ4n) is 4.18. The number of carbonyl (C=O) groups excluding carboxylic acids is 1. The third kappa shape index (κ3) is 5.18. The number of H-pyrrole nitrogens is 1. The van der Waals surface area contributed by atoms with Crippen LogP contribution in [0.5, 0.6) is 0 Å². The number of aromatic amines is 1. The van der Waals surface area contributed by atoms with E-state index in [4.69, 9.17) is 0 Å². The van der Waals surface area contributed by atoms with Crippen molar-refractivity contribution >= 4 is 16.7 Å². The molecule has 0 fully saturated rings. The number of rotatable bonds is 12. The molecule has 0 amide bonds. The smallest absolute Gasteiger partial charge is 0.135 e. The minimum absolute atomic E-state index is 0.151. The van der Waals surface area contributed by atoms with Crippen molar-refractivity contribution in [3.05, 3.63) is 35.8 Å². The summed E-state index contributed by atoms with van der Waals surface area (Å²) in [5.41, 5.74) is 1.94. The van der Waals surface area contributed by atoms with Crippen molar-refractivity contribution in [1.82, 2.24) is 4.98 Å². The molecule has 144 valence electrons. The molecule has 0 bridgehead atoms. The molecular weight excluding hydrogens is 325 g/mol. The van der Waals surface area contributed by atoms with Crippen molar-refractivity contribution < 1.29 is 9.18 Å². The van der Waals surface area contributed by atoms with Crippen LogP contribution in [0.4, 0.5) is 4.39 Å². The second kappa shape index (κ2) is 10.5. The molecule has 3 heteroatoms. The Hall–Kier alpha value is -1.64. The Morgan fingerprint density at radius 3 is 2.38 bits per heavy atom. The maximum absolute atomic E-state index is 14.3. The summed E-state index contributed by atoms with van der Waals surface area (Å²) in [5.74, 6) is 0.824. The van der Waals surface area contributed by atoms with Crippen LogP contribution < -0.4 is 0 Å². The molecule has 1 atom stereocenters. The molecule has 1 aromatic heterocycles. The molecule has 2 aromatic rings. The van der Waals surface area contributed by atoms with Gasteiger partial charge in [0.1, 0.15) is 11.6 Å². The van der Waals surface area contributed by atoms with Crippen LogP contribution in [0, 0.1) is 11.7 Å². The van der Waals surface area contributed by atoms with Crippen molar-refractivity contribution in [3.63, 3.8) is 0 Å². The highest BCUT2D eigenvalue weighted by atomic mass is 19.1. The molecule has 0 radical (unpaired) electrons. The topological polar surface area (TPSA) is 32.9 Å². The summed E-state index contributed by atoms with van der Waals surface area (Å²) in [4.78, 5) is 15.8. The van der Waals surface area contributed by atoms with Gasteiger partial charge in [-0.15, -0.1) is 0 Å². The summed E-state index contributed by atoms with van der Waals surface area (Å²) in [5, 5.41) is 0.729. The molecule has 2 rings (SSSR count). The highest BCUT2D eigenvalue weighted by Crippen LogP contribution is 2.34. The van der Waals surface area contributed by atoms with E-state index in [0.29, 0.717) is 18.1 Å². The number of benzene rings is 1. The Balaban J connectivity index is 2.03. The van der Waals surface area contributed by atoms with Gasteiger partial charge in [-0.05, 0) is 55.7 Å². The van der Waals surface area contributed by atoms with E-state index in [0.717, 1.165) is 67.8 Å². The summed E-state index contributed by atoms with van der Waals surface area (Å²) >= 11 is 0. The zero-order valence-electron chi connectivity index (χ0n) is 16.6. The molecule has 1 heterocycles. The maximum atomic E-state index is 14.3. The quantitative estimate of drug-likeness (QED) is 0.429. The fraction of sp³-hybridized carbons (Fsp3) is 0.609. The summed E-state index contributed by atoms with van der Waals surface area (Å²) in [7, 11) is 0. The van der Waals surface area contributed by atoms with E-state index in [1.54, 1.807) is 6.07 Å². The lowest BCUT2D eigenvalue weighted by atomic mass is 9.86. The van der Waals surface area contributed by atoms with Crippen molar-refractivity contribution in [2.45, 2.75) is 84.5 Å². The predicted octanol–water partition coefficient (Wildman–Crippen LogP) is 7.15. The second-order valence-electron chi connectivity index (χ2n) is 7.52. The summed E-state index contributed by atoms with van der Waals surface area (Å²) in [6, 6.07) is 5.20. The Kier molecular flexibility index (Phi) is 8.34. The fourth-order valence-corrected chi connectivity index (χ4v) is 4.18. The molecule has 0 saturated carbocycles. The van der Waals surface area contributed by atoms with Crippen molar-refractivity contribution in [2.24, 2.45) is 5.92 Å². The maximum Gasteiger partial charge on any atom is 0.135 e. The van der Waals surface area contributed by atoms with E-state index in [-0.39, 0.29) is 11.7 Å². The zero-order valence-corrected chi connectivity index (χ0v) is 16.6. The van der Waals surface area contributed by atoms with Gasteiger partial charge in [-0.25, -0.2) is 4.39 Å². The van der Waals surface area contributed by atoms with Gasteiger partial charge in [0.25, 0.3) is 0 Å². The first-order chi connectivity index (χ1) is 12.6. The molecule has 2 nitrogen and oxygen atoms in total. The average molecular weight is 360 g/mol. The third-order valence-electron chi connectivity index (χ3n) is 5.47. The van der Waals surface area contributed by atoms with Crippen LogP contribution in [0.2, 0.25) is 0 Å². The van der Waals surface area contributed by atoms with E-state index >= 15 is 0 Å². The van der Waals surface area contributed by atoms with Gasteiger partial charge in [0.05, 0.1) is 0 Å². The lowest BCUT2D eigenvalue weighted by Crippen LogP contribution is -2.14. The highest BCUT2D eigenvalue weighted by molar-refractivity contribution is 5.84. The van der Waals surface area contributed by atoms with Gasteiger partial charge in [-0.3, -0.25) is 4.79 Å². The number of fused-ring (bicyclic) bond motifs is 1. The number of ketones is 1. The third-order valence-corrected chi connectivity index (χ3v) is 5.47. The van der Waals surface area contributed by atoms with Crippen LogP contribution in [0.1, 0.15) is 90.0 Å². The van der Waals surface area contributed by atoms with E-state index in [2.05, 4.69) is 25.8 Å². The molecule has 0 spiro atoms. The molecular formula is C23H34FNO. The summed E-state index contributed by atoms with van der Waals surface area (Å²) in [6.07, 6.45) is 10.7. The Morgan fingerprint density at radius 2 is 1.73 bits per heavy atom. The van der Waals surface area contributed by atoms with Crippen LogP contribution in [0.15, 0.2) is 24.4 Å². The number of Topliss-reactive ketones (excluding diaryl/α,β-unsaturated/α-hetero) is 1. The van der Waals surface area contributed by atoms with Crippen LogP contribution in [-0.2, 0) is 4.79 Å². The van der Waals surface area contributed by atoms with Gasteiger partial charge in [0.2, 0.25) is 0 Å². The first kappa shape index (κ1) is 20.7. The number of hydrogen-bond acceptors (Lipinski definition) is 1. The predicted molar refractivity (Wildman–Crippen MR) is 108 cm³/mol. The first-order valence-corrected chi connectivity index (χ1v) is 10.4. The van der Waals surface area contributed by atoms with Crippen molar-refractivity contribution in [3.8, 4) is 0 Å². The normalized spacial score (nSPS) is 12.8. The SMILES string of the molecule is CCCC(CCC)C(=O)CCCC(CCC)c1c[nH]c2cccc(F)c12. The molecule has 1 N–H and O–H groups in total. The van der Waals surface area contributed by atoms with E-state index in [1.807, 2.05) is 12.3 Å². The Morgan fingerprint density at radius 1 is 1.04 bits per heavy atom. The summed E-state index contributed by atoms with van der Waals surface area (Å²) < 4.78 is 14.3. The standard InChI is InChI=1S/C23H34FNO/c1-4-9-17(12-7-15-22(26)18(10-5-2)11-6-3)19-16-25-21-14-8-13-20(24)23(19)21/h8,13-14,16-18,25H,4-7,9-12,15H2,1-3H3. The number of hydrogen-bond donors (Lipinski definition) is 1. The minimum atomic E-state index is -0.151. The number of halogens is 1. The molecule has 0 aliphatic heterocycles. The van der Waals surface area contributed by atoms with Crippen LogP contribution in [0.25, 0.3) is 10.9 Å². The molecule has 1 aromatic carbocycles. The minimum Gasteiger partial charge on any atom is -0.361 e. The number of nitrogens with one attached hydrogen (secondary N) is 1. The molecule has 0 aliphatic carbocycles. The van der Waals surface area contributed by atoms with Gasteiger partial charge in [-0.1, -0.05) is 46.1 Å². The molecule has 1 unspecified atom stereocenters. The molecule has 26 heavy (non-hydrogen) atoms. The van der Waals surface area contributed by atoms with E-state index in [1.165, 1.54) is 6.07 Å². The zero-order chi connectivity index (χ0) is 18.9. The van der Waals surface area contributed by atoms with E-state index < -0.39 is 0 Å². The number of aromatic nitrogens is 1. The molecule has 0 saturated heterocycles. The summed E-state index contributed by atoms with van der Waals surface area (Å²) in [6.45, 7) is 6.47. The van der Waals surface area contributed by atoms with Crippen molar-refractivity contribution in [1.29, 1.82) is 0 Å². The van der Waals surface area contributed by atoms with Crippen LogP contribution in [0.3, 0.4) is 0 Å². The average Bonchev–Trinajstić information content (AvgIpc) is 3.06. The van der Waals surface area contributed by atoms with Gasteiger partial charge in [-0.2, -0.15) is 0 Å². The van der Waals surface area contributed by atoms with Gasteiger partial charge in [0.15, 0.2) is 0 Å². The largest absolute Gasteiger partial charge is 0.361 e. The Bertz CT molecular complexity index is 685. The van der Waals surface area contributed by atoms with E-state index in [9.17, 15) is 9.18 Å². The highest BCUT2D eigenvalue weighted by Gasteiger charge is 2.20.